The van der Waals surface area contributed by atoms with E-state index in [0.29, 0.717) is 5.56 Å². The van der Waals surface area contributed by atoms with Crippen molar-refractivity contribution in [2.45, 2.75) is 44.6 Å². The van der Waals surface area contributed by atoms with Gasteiger partial charge in [-0.25, -0.2) is 9.18 Å². The van der Waals surface area contributed by atoms with Crippen LogP contribution < -0.4 is 5.32 Å². The zero-order valence-corrected chi connectivity index (χ0v) is 11.8. The van der Waals surface area contributed by atoms with E-state index in [0.717, 1.165) is 32.1 Å². The standard InChI is InChI=1S/C16H20FNO3/c17-13-8-6-11(7-9-13)10-14(16(20)21)18-15(19)12-4-2-1-3-5-12/h6-9,12,14H,1-5,10H2,(H,18,19)(H,20,21)/t14-/m0/s1. The quantitative estimate of drug-likeness (QED) is 0.876. The van der Waals surface area contributed by atoms with Crippen molar-refractivity contribution in [1.29, 1.82) is 0 Å². The number of carboxylic acids is 1. The summed E-state index contributed by atoms with van der Waals surface area (Å²) in [5.74, 6) is -1.68. The summed E-state index contributed by atoms with van der Waals surface area (Å²) >= 11 is 0. The number of amides is 1. The van der Waals surface area contributed by atoms with Crippen molar-refractivity contribution in [3.63, 3.8) is 0 Å². The second-order valence-corrected chi connectivity index (χ2v) is 5.56. The second-order valence-electron chi connectivity index (χ2n) is 5.56. The van der Waals surface area contributed by atoms with E-state index in [9.17, 15) is 19.1 Å². The Morgan fingerprint density at radius 2 is 1.81 bits per heavy atom. The molecule has 0 bridgehead atoms. The van der Waals surface area contributed by atoms with Crippen molar-refractivity contribution < 1.29 is 19.1 Å². The Balaban J connectivity index is 1.96. The van der Waals surface area contributed by atoms with Crippen LogP contribution in [0.4, 0.5) is 4.39 Å². The highest BCUT2D eigenvalue weighted by Crippen LogP contribution is 2.23. The summed E-state index contributed by atoms with van der Waals surface area (Å²) in [7, 11) is 0. The van der Waals surface area contributed by atoms with Gasteiger partial charge in [-0.1, -0.05) is 31.4 Å². The van der Waals surface area contributed by atoms with Crippen LogP contribution in [0.2, 0.25) is 0 Å². The number of carbonyl (C=O) groups excluding carboxylic acids is 1. The van der Waals surface area contributed by atoms with Gasteiger partial charge in [-0.3, -0.25) is 4.79 Å². The molecule has 2 N–H and O–H groups in total. The van der Waals surface area contributed by atoms with E-state index in [1.807, 2.05) is 0 Å². The minimum absolute atomic E-state index is 0.0752. The third kappa shape index (κ3) is 4.55. The van der Waals surface area contributed by atoms with Crippen molar-refractivity contribution in [1.82, 2.24) is 5.32 Å². The van der Waals surface area contributed by atoms with Crippen LogP contribution in [0.25, 0.3) is 0 Å². The van der Waals surface area contributed by atoms with Gasteiger partial charge >= 0.3 is 5.97 Å². The normalized spacial score (nSPS) is 17.2. The highest BCUT2D eigenvalue weighted by molar-refractivity contribution is 5.85. The van der Waals surface area contributed by atoms with Gasteiger partial charge < -0.3 is 10.4 Å². The lowest BCUT2D eigenvalue weighted by molar-refractivity contribution is -0.142. The number of halogens is 1. The van der Waals surface area contributed by atoms with Crippen LogP contribution in [-0.4, -0.2) is 23.0 Å². The molecule has 114 valence electrons. The minimum Gasteiger partial charge on any atom is -0.480 e. The van der Waals surface area contributed by atoms with Crippen LogP contribution in [0, 0.1) is 11.7 Å². The van der Waals surface area contributed by atoms with Crippen LogP contribution in [0.1, 0.15) is 37.7 Å². The van der Waals surface area contributed by atoms with Crippen LogP contribution in [-0.2, 0) is 16.0 Å². The molecule has 0 unspecified atom stereocenters. The molecular formula is C16H20FNO3. The van der Waals surface area contributed by atoms with Crippen molar-refractivity contribution in [3.8, 4) is 0 Å². The average Bonchev–Trinajstić information content (AvgIpc) is 2.49. The summed E-state index contributed by atoms with van der Waals surface area (Å²) in [6.07, 6.45) is 5.00. The molecule has 1 aliphatic carbocycles. The lowest BCUT2D eigenvalue weighted by Crippen LogP contribution is -2.45. The second kappa shape index (κ2) is 7.20. The molecule has 1 aliphatic rings. The van der Waals surface area contributed by atoms with Crippen LogP contribution in [0.3, 0.4) is 0 Å². The van der Waals surface area contributed by atoms with Gasteiger partial charge in [0, 0.05) is 12.3 Å². The summed E-state index contributed by atoms with van der Waals surface area (Å²) in [6, 6.07) is 4.69. The zero-order chi connectivity index (χ0) is 15.2. The minimum atomic E-state index is -1.07. The molecule has 21 heavy (non-hydrogen) atoms. The van der Waals surface area contributed by atoms with Gasteiger partial charge in [-0.15, -0.1) is 0 Å². The molecular weight excluding hydrogens is 273 g/mol. The van der Waals surface area contributed by atoms with Gasteiger partial charge in [0.25, 0.3) is 0 Å². The molecule has 1 aromatic carbocycles. The predicted molar refractivity (Wildman–Crippen MR) is 76.2 cm³/mol. The molecule has 5 heteroatoms. The molecule has 2 rings (SSSR count). The lowest BCUT2D eigenvalue weighted by atomic mass is 9.88. The Morgan fingerprint density at radius 3 is 2.38 bits per heavy atom. The van der Waals surface area contributed by atoms with Crippen molar-refractivity contribution in [2.24, 2.45) is 5.92 Å². The highest BCUT2D eigenvalue weighted by Gasteiger charge is 2.26. The monoisotopic (exact) mass is 293 g/mol. The first-order chi connectivity index (χ1) is 10.1. The number of nitrogens with one attached hydrogen (secondary N) is 1. The number of hydrogen-bond acceptors (Lipinski definition) is 2. The Labute approximate surface area is 123 Å². The fourth-order valence-electron chi connectivity index (χ4n) is 2.71. The third-order valence-electron chi connectivity index (χ3n) is 3.94. The molecule has 1 amide bonds. The van der Waals surface area contributed by atoms with E-state index in [1.54, 1.807) is 0 Å². The van der Waals surface area contributed by atoms with E-state index in [2.05, 4.69) is 5.32 Å². The maximum atomic E-state index is 12.8. The van der Waals surface area contributed by atoms with Gasteiger partial charge in [0.15, 0.2) is 0 Å². The van der Waals surface area contributed by atoms with E-state index >= 15 is 0 Å². The van der Waals surface area contributed by atoms with Gasteiger partial charge in [0.1, 0.15) is 11.9 Å². The Morgan fingerprint density at radius 1 is 1.19 bits per heavy atom. The van der Waals surface area contributed by atoms with E-state index in [-0.39, 0.29) is 24.1 Å². The molecule has 0 saturated heterocycles. The first-order valence-corrected chi connectivity index (χ1v) is 7.34. The maximum Gasteiger partial charge on any atom is 0.326 e. The molecule has 0 aromatic heterocycles. The lowest BCUT2D eigenvalue weighted by Gasteiger charge is -2.23. The number of hydrogen-bond donors (Lipinski definition) is 2. The van der Waals surface area contributed by atoms with Crippen LogP contribution in [0.15, 0.2) is 24.3 Å². The number of rotatable bonds is 5. The van der Waals surface area contributed by atoms with Crippen LogP contribution in [0.5, 0.6) is 0 Å². The molecule has 0 spiro atoms. The van der Waals surface area contributed by atoms with Crippen molar-refractivity contribution in [3.05, 3.63) is 35.6 Å². The number of aliphatic carboxylic acids is 1. The Hall–Kier alpha value is -1.91. The summed E-state index contributed by atoms with van der Waals surface area (Å²) in [4.78, 5) is 23.4. The first-order valence-electron chi connectivity index (χ1n) is 7.34. The van der Waals surface area contributed by atoms with Crippen molar-refractivity contribution >= 4 is 11.9 Å². The number of carbonyl (C=O) groups is 2. The largest absolute Gasteiger partial charge is 0.480 e. The number of carboxylic acid groups (broad SMARTS) is 1. The zero-order valence-electron chi connectivity index (χ0n) is 11.8. The Kier molecular flexibility index (Phi) is 5.31. The smallest absolute Gasteiger partial charge is 0.326 e. The Bertz CT molecular complexity index is 495. The highest BCUT2D eigenvalue weighted by atomic mass is 19.1. The third-order valence-corrected chi connectivity index (χ3v) is 3.94. The topological polar surface area (TPSA) is 66.4 Å². The molecule has 1 aromatic rings. The van der Waals surface area contributed by atoms with Gasteiger partial charge in [-0.05, 0) is 30.5 Å². The summed E-state index contributed by atoms with van der Waals surface area (Å²) < 4.78 is 12.8. The van der Waals surface area contributed by atoms with Gasteiger partial charge in [-0.2, -0.15) is 0 Å². The van der Waals surface area contributed by atoms with Gasteiger partial charge in [0.2, 0.25) is 5.91 Å². The first kappa shape index (κ1) is 15.5. The molecule has 4 nitrogen and oxygen atoms in total. The summed E-state index contributed by atoms with van der Waals surface area (Å²) in [5.41, 5.74) is 0.688. The van der Waals surface area contributed by atoms with E-state index < -0.39 is 12.0 Å². The number of benzene rings is 1. The molecule has 1 fully saturated rings. The molecule has 0 heterocycles. The molecule has 0 aliphatic heterocycles. The molecule has 1 saturated carbocycles. The van der Waals surface area contributed by atoms with Crippen LogP contribution >= 0.6 is 0 Å². The summed E-state index contributed by atoms with van der Waals surface area (Å²) in [6.45, 7) is 0. The molecule has 0 radical (unpaired) electrons. The van der Waals surface area contributed by atoms with Gasteiger partial charge in [0.05, 0.1) is 0 Å². The maximum absolute atomic E-state index is 12.8. The summed E-state index contributed by atoms with van der Waals surface area (Å²) in [5, 5.41) is 11.9. The average molecular weight is 293 g/mol. The molecule has 1 atom stereocenters. The fraction of sp³-hybridized carbons (Fsp3) is 0.500. The SMILES string of the molecule is O=C(N[C@@H](Cc1ccc(F)cc1)C(=O)O)C1CCCCC1. The van der Waals surface area contributed by atoms with E-state index in [1.165, 1.54) is 24.3 Å². The predicted octanol–water partition coefficient (Wildman–Crippen LogP) is 2.52. The fourth-order valence-corrected chi connectivity index (χ4v) is 2.71. The van der Waals surface area contributed by atoms with E-state index in [4.69, 9.17) is 0 Å². The van der Waals surface area contributed by atoms with Crippen molar-refractivity contribution in [2.75, 3.05) is 0 Å².